The van der Waals surface area contributed by atoms with E-state index in [0.717, 1.165) is 32.1 Å². The van der Waals surface area contributed by atoms with Crippen LogP contribution in [0.15, 0.2) is 29.2 Å². The largest absolute Gasteiger partial charge is 0.325 e. The molecular formula is C13H18N2O3S. The monoisotopic (exact) mass is 282 g/mol. The molecule has 104 valence electrons. The van der Waals surface area contributed by atoms with Crippen LogP contribution in [-0.2, 0) is 14.6 Å². The van der Waals surface area contributed by atoms with E-state index in [2.05, 4.69) is 10.6 Å². The van der Waals surface area contributed by atoms with Crippen molar-refractivity contribution in [2.75, 3.05) is 18.1 Å². The van der Waals surface area contributed by atoms with Gasteiger partial charge in [-0.2, -0.15) is 0 Å². The summed E-state index contributed by atoms with van der Waals surface area (Å²) in [5.41, 5.74) is 0.616. The molecule has 1 aromatic rings. The summed E-state index contributed by atoms with van der Waals surface area (Å²) in [6.45, 7) is 0.866. The second-order valence-corrected chi connectivity index (χ2v) is 6.80. The highest BCUT2D eigenvalue weighted by Crippen LogP contribution is 2.15. The maximum Gasteiger partial charge on any atom is 0.241 e. The zero-order valence-corrected chi connectivity index (χ0v) is 11.7. The summed E-state index contributed by atoms with van der Waals surface area (Å²) in [5, 5.41) is 5.96. The van der Waals surface area contributed by atoms with E-state index in [1.165, 1.54) is 12.1 Å². The van der Waals surface area contributed by atoms with Gasteiger partial charge in [0.05, 0.1) is 10.9 Å². The smallest absolute Gasteiger partial charge is 0.241 e. The minimum Gasteiger partial charge on any atom is -0.325 e. The molecule has 0 saturated carbocycles. The van der Waals surface area contributed by atoms with Crippen LogP contribution in [0.2, 0.25) is 0 Å². The van der Waals surface area contributed by atoms with Crippen molar-refractivity contribution in [1.82, 2.24) is 5.32 Å². The number of carbonyl (C=O) groups excluding carboxylic acids is 1. The van der Waals surface area contributed by atoms with Crippen molar-refractivity contribution in [3.05, 3.63) is 24.3 Å². The highest BCUT2D eigenvalue weighted by atomic mass is 32.2. The van der Waals surface area contributed by atoms with Gasteiger partial charge in [-0.25, -0.2) is 8.42 Å². The van der Waals surface area contributed by atoms with Gasteiger partial charge in [0.2, 0.25) is 5.91 Å². The fourth-order valence-corrected chi connectivity index (χ4v) is 2.72. The van der Waals surface area contributed by atoms with E-state index in [0.29, 0.717) is 5.69 Å². The van der Waals surface area contributed by atoms with Gasteiger partial charge in [-0.05, 0) is 43.7 Å². The van der Waals surface area contributed by atoms with Gasteiger partial charge in [-0.3, -0.25) is 4.79 Å². The number of amides is 1. The van der Waals surface area contributed by atoms with E-state index in [1.54, 1.807) is 12.1 Å². The Balaban J connectivity index is 2.01. The van der Waals surface area contributed by atoms with E-state index in [-0.39, 0.29) is 16.8 Å². The zero-order valence-electron chi connectivity index (χ0n) is 10.8. The van der Waals surface area contributed by atoms with Crippen molar-refractivity contribution in [1.29, 1.82) is 0 Å². The van der Waals surface area contributed by atoms with Crippen molar-refractivity contribution < 1.29 is 13.2 Å². The SMILES string of the molecule is CS(=O)(=O)c1ccc(NC(=O)[C@H]2CCCCN2)cc1. The van der Waals surface area contributed by atoms with Crippen LogP contribution in [0.5, 0.6) is 0 Å². The van der Waals surface area contributed by atoms with Gasteiger partial charge >= 0.3 is 0 Å². The van der Waals surface area contributed by atoms with Crippen LogP contribution in [0.1, 0.15) is 19.3 Å². The van der Waals surface area contributed by atoms with Crippen LogP contribution < -0.4 is 10.6 Å². The Labute approximate surface area is 113 Å². The van der Waals surface area contributed by atoms with E-state index in [9.17, 15) is 13.2 Å². The summed E-state index contributed by atoms with van der Waals surface area (Å²) in [7, 11) is -3.19. The van der Waals surface area contributed by atoms with Crippen LogP contribution in [-0.4, -0.2) is 33.2 Å². The molecule has 1 amide bonds. The van der Waals surface area contributed by atoms with Gasteiger partial charge in [0.15, 0.2) is 9.84 Å². The molecule has 6 heteroatoms. The number of anilines is 1. The van der Waals surface area contributed by atoms with Crippen LogP contribution >= 0.6 is 0 Å². The molecule has 0 unspecified atom stereocenters. The predicted molar refractivity (Wildman–Crippen MR) is 73.8 cm³/mol. The first-order valence-corrected chi connectivity index (χ1v) is 8.20. The zero-order chi connectivity index (χ0) is 13.9. The fourth-order valence-electron chi connectivity index (χ4n) is 2.09. The Bertz CT molecular complexity index is 546. The molecule has 1 aromatic carbocycles. The fraction of sp³-hybridized carbons (Fsp3) is 0.462. The lowest BCUT2D eigenvalue weighted by Crippen LogP contribution is -2.43. The molecule has 0 spiro atoms. The molecule has 2 N–H and O–H groups in total. The lowest BCUT2D eigenvalue weighted by Gasteiger charge is -2.22. The van der Waals surface area contributed by atoms with Crippen LogP contribution in [0.25, 0.3) is 0 Å². The Morgan fingerprint density at radius 1 is 1.26 bits per heavy atom. The van der Waals surface area contributed by atoms with Gasteiger partial charge in [0.1, 0.15) is 0 Å². The van der Waals surface area contributed by atoms with Gasteiger partial charge in [0.25, 0.3) is 0 Å². The van der Waals surface area contributed by atoms with E-state index in [4.69, 9.17) is 0 Å². The quantitative estimate of drug-likeness (QED) is 0.872. The molecular weight excluding hydrogens is 264 g/mol. The van der Waals surface area contributed by atoms with E-state index in [1.807, 2.05) is 0 Å². The first-order chi connectivity index (χ1) is 8.97. The second kappa shape index (κ2) is 5.71. The number of rotatable bonds is 3. The summed E-state index contributed by atoms with van der Waals surface area (Å²) < 4.78 is 22.6. The topological polar surface area (TPSA) is 75.3 Å². The predicted octanol–water partition coefficient (Wildman–Crippen LogP) is 1.17. The van der Waals surface area contributed by atoms with Crippen LogP contribution in [0.4, 0.5) is 5.69 Å². The molecule has 1 aliphatic heterocycles. The Morgan fingerprint density at radius 2 is 1.95 bits per heavy atom. The molecule has 1 aliphatic rings. The first kappa shape index (κ1) is 14.0. The third-order valence-corrected chi connectivity index (χ3v) is 4.31. The lowest BCUT2D eigenvalue weighted by molar-refractivity contribution is -0.118. The molecule has 1 heterocycles. The normalized spacial score (nSPS) is 19.9. The third kappa shape index (κ3) is 3.78. The number of hydrogen-bond donors (Lipinski definition) is 2. The Kier molecular flexibility index (Phi) is 4.21. The maximum absolute atomic E-state index is 12.0. The summed E-state index contributed by atoms with van der Waals surface area (Å²) >= 11 is 0. The maximum atomic E-state index is 12.0. The van der Waals surface area contributed by atoms with Crippen molar-refractivity contribution in [3.63, 3.8) is 0 Å². The molecule has 19 heavy (non-hydrogen) atoms. The molecule has 0 radical (unpaired) electrons. The Hall–Kier alpha value is -1.40. The standard InChI is InChI=1S/C13H18N2O3S/c1-19(17,18)11-7-5-10(6-8-11)15-13(16)12-4-2-3-9-14-12/h5-8,12,14H,2-4,9H2,1H3,(H,15,16)/t12-/m1/s1. The molecule has 0 bridgehead atoms. The van der Waals surface area contributed by atoms with Gasteiger partial charge in [-0.15, -0.1) is 0 Å². The number of nitrogens with one attached hydrogen (secondary N) is 2. The van der Waals surface area contributed by atoms with E-state index < -0.39 is 9.84 Å². The molecule has 1 saturated heterocycles. The summed E-state index contributed by atoms with van der Waals surface area (Å²) in [6, 6.07) is 6.07. The van der Waals surface area contributed by atoms with Crippen molar-refractivity contribution in [2.45, 2.75) is 30.2 Å². The van der Waals surface area contributed by atoms with Crippen LogP contribution in [0, 0.1) is 0 Å². The number of benzene rings is 1. The summed E-state index contributed by atoms with van der Waals surface area (Å²) in [5.74, 6) is -0.0631. The average molecular weight is 282 g/mol. The molecule has 0 aliphatic carbocycles. The minimum absolute atomic E-state index is 0.0631. The van der Waals surface area contributed by atoms with Gasteiger partial charge in [-0.1, -0.05) is 6.42 Å². The highest BCUT2D eigenvalue weighted by Gasteiger charge is 2.20. The number of sulfone groups is 1. The lowest BCUT2D eigenvalue weighted by atomic mass is 10.0. The number of hydrogen-bond acceptors (Lipinski definition) is 4. The molecule has 0 aromatic heterocycles. The van der Waals surface area contributed by atoms with Crippen molar-refractivity contribution in [3.8, 4) is 0 Å². The third-order valence-electron chi connectivity index (χ3n) is 3.18. The summed E-state index contributed by atoms with van der Waals surface area (Å²) in [4.78, 5) is 12.2. The molecule has 1 atom stereocenters. The van der Waals surface area contributed by atoms with E-state index >= 15 is 0 Å². The van der Waals surface area contributed by atoms with Crippen LogP contribution in [0.3, 0.4) is 0 Å². The minimum atomic E-state index is -3.19. The molecule has 1 fully saturated rings. The Morgan fingerprint density at radius 3 is 2.47 bits per heavy atom. The first-order valence-electron chi connectivity index (χ1n) is 6.31. The summed E-state index contributed by atoms with van der Waals surface area (Å²) in [6.07, 6.45) is 4.16. The van der Waals surface area contributed by atoms with Crippen molar-refractivity contribution in [2.24, 2.45) is 0 Å². The highest BCUT2D eigenvalue weighted by molar-refractivity contribution is 7.90. The van der Waals surface area contributed by atoms with Gasteiger partial charge < -0.3 is 10.6 Å². The molecule has 2 rings (SSSR count). The van der Waals surface area contributed by atoms with Gasteiger partial charge in [0, 0.05) is 11.9 Å². The molecule has 5 nitrogen and oxygen atoms in total. The van der Waals surface area contributed by atoms with Crippen molar-refractivity contribution >= 4 is 21.4 Å². The average Bonchev–Trinajstić information content (AvgIpc) is 2.39. The number of piperidine rings is 1. The number of carbonyl (C=O) groups is 1. The second-order valence-electron chi connectivity index (χ2n) is 4.79.